The molecule has 5 heteroatoms. The lowest BCUT2D eigenvalue weighted by atomic mass is 10.3. The molecule has 0 bridgehead atoms. The van der Waals surface area contributed by atoms with Gasteiger partial charge >= 0.3 is 0 Å². The smallest absolute Gasteiger partial charge is 0.145 e. The molecule has 1 fully saturated rings. The van der Waals surface area contributed by atoms with Gasteiger partial charge in [-0.3, -0.25) is 5.41 Å². The van der Waals surface area contributed by atoms with Gasteiger partial charge in [0.05, 0.1) is 13.2 Å². The number of aromatic nitrogens is 1. The van der Waals surface area contributed by atoms with E-state index in [1.165, 1.54) is 4.68 Å². The number of ether oxygens (including phenoxy) is 1. The molecule has 1 aliphatic heterocycles. The molecule has 0 aliphatic carbocycles. The first kappa shape index (κ1) is 9.08. The third-order valence-electron chi connectivity index (χ3n) is 2.34. The molecule has 14 heavy (non-hydrogen) atoms. The first-order valence-corrected chi connectivity index (χ1v) is 4.63. The van der Waals surface area contributed by atoms with E-state index in [-0.39, 0.29) is 0 Å². The Hall–Kier alpha value is -1.49. The van der Waals surface area contributed by atoms with Gasteiger partial charge in [0.1, 0.15) is 11.3 Å². The minimum atomic E-state index is 0.314. The molecule has 1 saturated heterocycles. The molecule has 0 radical (unpaired) electrons. The Balaban J connectivity index is 2.30. The number of hydrogen-bond acceptors (Lipinski definition) is 4. The largest absolute Gasteiger partial charge is 0.378 e. The van der Waals surface area contributed by atoms with Crippen molar-refractivity contribution in [1.82, 2.24) is 4.68 Å². The van der Waals surface area contributed by atoms with Crippen LogP contribution in [0.25, 0.3) is 0 Å². The number of nitrogens with zero attached hydrogens (tertiary/aromatic N) is 2. The van der Waals surface area contributed by atoms with Gasteiger partial charge < -0.3 is 15.5 Å². The maximum atomic E-state index is 7.56. The van der Waals surface area contributed by atoms with E-state index in [2.05, 4.69) is 4.90 Å². The number of anilines is 1. The summed E-state index contributed by atoms with van der Waals surface area (Å²) in [5, 5.41) is 7.56. The molecule has 0 unspecified atom stereocenters. The molecular formula is C9H14N4O. The summed E-state index contributed by atoms with van der Waals surface area (Å²) in [5.41, 5.74) is 0.314. The topological polar surface area (TPSA) is 67.3 Å². The summed E-state index contributed by atoms with van der Waals surface area (Å²) < 4.78 is 6.65. The highest BCUT2D eigenvalue weighted by molar-refractivity contribution is 5.39. The summed E-state index contributed by atoms with van der Waals surface area (Å²) in [7, 11) is 0. The number of nitrogens with one attached hydrogen (secondary N) is 1. The predicted octanol–water partition coefficient (Wildman–Crippen LogP) is -0.482. The van der Waals surface area contributed by atoms with E-state index in [4.69, 9.17) is 16.0 Å². The number of nitrogen functional groups attached to an aromatic ring is 1. The summed E-state index contributed by atoms with van der Waals surface area (Å²) in [4.78, 5) is 2.13. The van der Waals surface area contributed by atoms with Gasteiger partial charge in [-0.1, -0.05) is 6.07 Å². The molecule has 0 amide bonds. The van der Waals surface area contributed by atoms with Gasteiger partial charge in [-0.15, -0.1) is 0 Å². The summed E-state index contributed by atoms with van der Waals surface area (Å²) in [6.45, 7) is 3.12. The second-order valence-electron chi connectivity index (χ2n) is 3.24. The van der Waals surface area contributed by atoms with Gasteiger partial charge in [0.15, 0.2) is 0 Å². The molecule has 0 aromatic carbocycles. The highest BCUT2D eigenvalue weighted by atomic mass is 16.5. The van der Waals surface area contributed by atoms with Crippen molar-refractivity contribution in [2.45, 2.75) is 0 Å². The lowest BCUT2D eigenvalue weighted by Crippen LogP contribution is -2.41. The normalized spacial score (nSPS) is 17.0. The Kier molecular flexibility index (Phi) is 2.41. The van der Waals surface area contributed by atoms with E-state index < -0.39 is 0 Å². The van der Waals surface area contributed by atoms with Crippen LogP contribution in [0.2, 0.25) is 0 Å². The van der Waals surface area contributed by atoms with E-state index >= 15 is 0 Å². The van der Waals surface area contributed by atoms with E-state index in [0.29, 0.717) is 5.49 Å². The monoisotopic (exact) mass is 194 g/mol. The van der Waals surface area contributed by atoms with Crippen molar-refractivity contribution in [3.63, 3.8) is 0 Å². The Labute approximate surface area is 82.2 Å². The molecule has 2 heterocycles. The molecule has 1 aromatic heterocycles. The molecule has 5 nitrogen and oxygen atoms in total. The van der Waals surface area contributed by atoms with Gasteiger partial charge in [0, 0.05) is 13.1 Å². The molecule has 2 rings (SSSR count). The van der Waals surface area contributed by atoms with Crippen LogP contribution in [-0.4, -0.2) is 31.0 Å². The minimum absolute atomic E-state index is 0.314. The molecular weight excluding hydrogens is 180 g/mol. The zero-order chi connectivity index (χ0) is 9.97. The molecule has 1 aliphatic rings. The zero-order valence-electron chi connectivity index (χ0n) is 7.94. The van der Waals surface area contributed by atoms with Crippen LogP contribution in [0.4, 0.5) is 5.82 Å². The Bertz CT molecular complexity index is 367. The van der Waals surface area contributed by atoms with Crippen molar-refractivity contribution in [2.24, 2.45) is 0 Å². The van der Waals surface area contributed by atoms with Gasteiger partial charge in [0.25, 0.3) is 0 Å². The van der Waals surface area contributed by atoms with Gasteiger partial charge in [-0.2, -0.15) is 0 Å². The number of nitrogens with two attached hydrogens (primary N) is 1. The molecule has 3 N–H and O–H groups in total. The minimum Gasteiger partial charge on any atom is -0.378 e. The summed E-state index contributed by atoms with van der Waals surface area (Å²) >= 11 is 0. The van der Waals surface area contributed by atoms with Crippen LogP contribution < -0.4 is 16.2 Å². The molecule has 0 spiro atoms. The predicted molar refractivity (Wildman–Crippen MR) is 53.5 cm³/mol. The Morgan fingerprint density at radius 2 is 2.00 bits per heavy atom. The maximum absolute atomic E-state index is 7.56. The Morgan fingerprint density at radius 3 is 2.71 bits per heavy atom. The fraction of sp³-hybridized carbons (Fsp3) is 0.444. The number of hydrogen-bond donors (Lipinski definition) is 2. The van der Waals surface area contributed by atoms with Crippen LogP contribution >= 0.6 is 0 Å². The second kappa shape index (κ2) is 3.71. The number of pyridine rings is 1. The molecule has 0 saturated carbocycles. The third kappa shape index (κ3) is 1.58. The van der Waals surface area contributed by atoms with Crippen LogP contribution in [0.1, 0.15) is 0 Å². The highest BCUT2D eigenvalue weighted by Gasteiger charge is 2.12. The van der Waals surface area contributed by atoms with Crippen LogP contribution in [0.5, 0.6) is 0 Å². The fourth-order valence-electron chi connectivity index (χ4n) is 1.56. The average Bonchev–Trinajstić information content (AvgIpc) is 2.23. The van der Waals surface area contributed by atoms with Gasteiger partial charge in [0.2, 0.25) is 0 Å². The standard InChI is InChI=1S/C9H14N4O/c10-8-2-1-3-9(13(8)11)12-4-6-14-7-5-12/h1-3,10H,4-7,11H2. The quantitative estimate of drug-likeness (QED) is 0.593. The van der Waals surface area contributed by atoms with Gasteiger partial charge in [-0.25, -0.2) is 4.68 Å². The van der Waals surface area contributed by atoms with Crippen LogP contribution in [0, 0.1) is 5.41 Å². The van der Waals surface area contributed by atoms with Crippen LogP contribution in [-0.2, 0) is 4.74 Å². The Morgan fingerprint density at radius 1 is 1.29 bits per heavy atom. The van der Waals surface area contributed by atoms with E-state index in [9.17, 15) is 0 Å². The van der Waals surface area contributed by atoms with Crippen molar-refractivity contribution in [3.8, 4) is 0 Å². The highest BCUT2D eigenvalue weighted by Crippen LogP contribution is 2.10. The lowest BCUT2D eigenvalue weighted by Gasteiger charge is -2.29. The van der Waals surface area contributed by atoms with E-state index in [0.717, 1.165) is 32.1 Å². The number of rotatable bonds is 1. The first-order valence-electron chi connectivity index (χ1n) is 4.63. The lowest BCUT2D eigenvalue weighted by molar-refractivity contribution is 0.122. The van der Waals surface area contributed by atoms with Crippen molar-refractivity contribution >= 4 is 5.82 Å². The van der Waals surface area contributed by atoms with Crippen molar-refractivity contribution < 1.29 is 4.74 Å². The average molecular weight is 194 g/mol. The molecule has 76 valence electrons. The fourth-order valence-corrected chi connectivity index (χ4v) is 1.56. The van der Waals surface area contributed by atoms with Crippen molar-refractivity contribution in [1.29, 1.82) is 5.41 Å². The number of morpholine rings is 1. The second-order valence-corrected chi connectivity index (χ2v) is 3.24. The van der Waals surface area contributed by atoms with Gasteiger partial charge in [-0.05, 0) is 12.1 Å². The molecule has 1 aromatic rings. The third-order valence-corrected chi connectivity index (χ3v) is 2.34. The first-order chi connectivity index (χ1) is 6.79. The van der Waals surface area contributed by atoms with Crippen LogP contribution in [0.3, 0.4) is 0 Å². The van der Waals surface area contributed by atoms with Crippen molar-refractivity contribution in [3.05, 3.63) is 23.7 Å². The van der Waals surface area contributed by atoms with E-state index in [1.807, 2.05) is 12.1 Å². The summed E-state index contributed by atoms with van der Waals surface area (Å²) in [6, 6.07) is 5.43. The molecule has 0 atom stereocenters. The zero-order valence-corrected chi connectivity index (χ0v) is 7.94. The van der Waals surface area contributed by atoms with Crippen LogP contribution in [0.15, 0.2) is 18.2 Å². The summed E-state index contributed by atoms with van der Waals surface area (Å²) in [5.74, 6) is 6.64. The maximum Gasteiger partial charge on any atom is 0.145 e. The SMILES string of the molecule is N=c1cccc(N2CCOCC2)n1N. The van der Waals surface area contributed by atoms with E-state index in [1.54, 1.807) is 6.07 Å². The van der Waals surface area contributed by atoms with Crippen molar-refractivity contribution in [2.75, 3.05) is 37.0 Å². The summed E-state index contributed by atoms with van der Waals surface area (Å²) in [6.07, 6.45) is 0.